The van der Waals surface area contributed by atoms with Crippen LogP contribution in [0, 0.1) is 0 Å². The number of hydrogen-bond acceptors (Lipinski definition) is 20. The molecule has 52 heavy (non-hydrogen) atoms. The van der Waals surface area contributed by atoms with Gasteiger partial charge in [-0.1, -0.05) is 0 Å². The molecule has 2 saturated heterocycles. The van der Waals surface area contributed by atoms with Crippen LogP contribution in [-0.4, -0.2) is 138 Å². The molecule has 2 aliphatic heterocycles. The van der Waals surface area contributed by atoms with Crippen LogP contribution >= 0.6 is 0 Å². The third kappa shape index (κ3) is 9.50. The Bertz CT molecular complexity index is 1760. The highest BCUT2D eigenvalue weighted by Crippen LogP contribution is 2.47. The summed E-state index contributed by atoms with van der Waals surface area (Å²) in [6.07, 6.45) is -22.7. The summed E-state index contributed by atoms with van der Waals surface area (Å²) in [5.41, 5.74) is -2.52. The maximum absolute atomic E-state index is 13.6. The molecule has 3 rings (SSSR count). The molecule has 1 amide bonds. The molecule has 0 N–H and O–H groups in total. The van der Waals surface area contributed by atoms with Crippen LogP contribution in [0.4, 0.5) is 0 Å². The van der Waals surface area contributed by atoms with E-state index in [1.54, 1.807) is 0 Å². The SMILES string of the molecule is [2H]C([2H])(OC(C)=O)[C@H]1O[C@]([2H])(/N=C2\O[C@@H]3[C@@H](OC(C)=O)[C@H](OC(C)=O)[C@@](COC(C)=O)(OC(C)=O)[C@@H]3N2C(C)=O)[C@H](OC(C)=O)[C@@]([2H])(OC(C)=O)[C@]1([2H])OC(C)=O. The van der Waals surface area contributed by atoms with E-state index in [0.717, 1.165) is 34.6 Å². The predicted octanol–water partition coefficient (Wildman–Crippen LogP) is -1.22. The average molecular weight is 750 g/mol. The summed E-state index contributed by atoms with van der Waals surface area (Å²) in [4.78, 5) is 117. The van der Waals surface area contributed by atoms with Gasteiger partial charge < -0.3 is 47.4 Å². The first-order valence-electron chi connectivity index (χ1n) is 17.7. The fraction of sp³-hybridized carbons (Fsp3) is 0.677. The molecule has 2 heterocycles. The Balaban J connectivity index is 2.51. The molecule has 21 heteroatoms. The molecule has 21 nitrogen and oxygen atoms in total. The Morgan fingerprint density at radius 3 is 1.69 bits per heavy atom. The number of hydrogen-bond donors (Lipinski definition) is 0. The van der Waals surface area contributed by atoms with Gasteiger partial charge in [-0.25, -0.2) is 0 Å². The number of ether oxygens (including phenoxy) is 10. The van der Waals surface area contributed by atoms with E-state index in [2.05, 4.69) is 9.73 Å². The number of aliphatic imine (C=N–C) groups is 1. The van der Waals surface area contributed by atoms with E-state index < -0.39 is 133 Å². The number of rotatable bonds is 11. The zero-order valence-corrected chi connectivity index (χ0v) is 29.3. The van der Waals surface area contributed by atoms with E-state index in [1.807, 2.05) is 0 Å². The molecule has 0 bridgehead atoms. The topological polar surface area (TPSA) is 262 Å². The molecule has 0 spiro atoms. The maximum Gasteiger partial charge on any atom is 0.303 e. The van der Waals surface area contributed by atoms with Crippen molar-refractivity contribution in [2.24, 2.45) is 4.99 Å². The minimum atomic E-state index is -3.77. The number of nitrogens with zero attached hydrogens (tertiary/aromatic N) is 2. The van der Waals surface area contributed by atoms with Crippen molar-refractivity contribution in [2.75, 3.05) is 13.2 Å². The highest BCUT2D eigenvalue weighted by atomic mass is 16.7. The average Bonchev–Trinajstić information content (AvgIpc) is 3.48. The normalized spacial score (nSPS) is 37.1. The maximum atomic E-state index is 13.6. The van der Waals surface area contributed by atoms with Gasteiger partial charge in [-0.15, -0.1) is 0 Å². The van der Waals surface area contributed by atoms with Crippen molar-refractivity contribution in [3.8, 4) is 0 Å². The van der Waals surface area contributed by atoms with Crippen LogP contribution in [0.15, 0.2) is 4.99 Å². The number of esters is 8. The van der Waals surface area contributed by atoms with Crippen molar-refractivity contribution in [1.29, 1.82) is 0 Å². The van der Waals surface area contributed by atoms with Gasteiger partial charge in [0.1, 0.15) is 25.3 Å². The van der Waals surface area contributed by atoms with Crippen LogP contribution in [0.1, 0.15) is 69.2 Å². The number of amidine groups is 1. The van der Waals surface area contributed by atoms with Gasteiger partial charge in [-0.05, 0) is 0 Å². The van der Waals surface area contributed by atoms with Crippen LogP contribution in [0.5, 0.6) is 0 Å². The Hall–Kier alpha value is -5.34. The smallest absolute Gasteiger partial charge is 0.303 e. The molecular weight excluding hydrogens is 704 g/mol. The minimum Gasteiger partial charge on any atom is -0.463 e. The molecule has 0 aromatic rings. The van der Waals surface area contributed by atoms with Crippen LogP contribution in [-0.2, 0) is 90.5 Å². The van der Waals surface area contributed by atoms with Crippen molar-refractivity contribution in [3.63, 3.8) is 0 Å². The van der Waals surface area contributed by atoms with Gasteiger partial charge in [-0.2, -0.15) is 4.99 Å². The third-order valence-corrected chi connectivity index (χ3v) is 6.90. The quantitative estimate of drug-likeness (QED) is 0.177. The lowest BCUT2D eigenvalue weighted by molar-refractivity contribution is -0.251. The first kappa shape index (κ1) is 33.8. The molecule has 0 radical (unpaired) electrons. The largest absolute Gasteiger partial charge is 0.463 e. The van der Waals surface area contributed by atoms with Crippen molar-refractivity contribution in [1.82, 2.24) is 4.90 Å². The summed E-state index contributed by atoms with van der Waals surface area (Å²) in [5.74, 6) is -11.0. The minimum absolute atomic E-state index is 0.517. The first-order valence-corrected chi connectivity index (χ1v) is 15.2. The molecule has 10 atom stereocenters. The number of amides is 1. The van der Waals surface area contributed by atoms with Crippen LogP contribution in [0.25, 0.3) is 0 Å². The van der Waals surface area contributed by atoms with E-state index >= 15 is 0 Å². The van der Waals surface area contributed by atoms with E-state index in [1.165, 1.54) is 0 Å². The second-order valence-electron chi connectivity index (χ2n) is 11.2. The van der Waals surface area contributed by atoms with E-state index in [9.17, 15) is 45.9 Å². The lowest BCUT2D eigenvalue weighted by Crippen LogP contribution is -2.63. The first-order chi connectivity index (χ1) is 26.0. The zero-order chi connectivity index (χ0) is 43.8. The lowest BCUT2D eigenvalue weighted by Gasteiger charge is -2.43. The van der Waals surface area contributed by atoms with Gasteiger partial charge in [0.2, 0.25) is 11.5 Å². The zero-order valence-electron chi connectivity index (χ0n) is 34.3. The second kappa shape index (κ2) is 16.8. The number of carbonyl (C=O) groups excluding carboxylic acids is 9. The Morgan fingerprint density at radius 1 is 0.692 bits per heavy atom. The van der Waals surface area contributed by atoms with E-state index in [4.69, 9.17) is 46.7 Å². The summed E-state index contributed by atoms with van der Waals surface area (Å²) in [5, 5.41) is 0. The summed E-state index contributed by atoms with van der Waals surface area (Å²) in [6.45, 7) is 2.57. The fourth-order valence-electron chi connectivity index (χ4n) is 5.53. The molecule has 0 aromatic carbocycles. The summed E-state index contributed by atoms with van der Waals surface area (Å²) in [6, 6.07) is -3.00. The van der Waals surface area contributed by atoms with Crippen molar-refractivity contribution < 1.29 is 97.4 Å². The van der Waals surface area contributed by atoms with Gasteiger partial charge in [0.25, 0.3) is 6.02 Å². The molecule has 1 saturated carbocycles. The molecule has 0 unspecified atom stereocenters. The van der Waals surface area contributed by atoms with Crippen LogP contribution in [0.2, 0.25) is 0 Å². The third-order valence-electron chi connectivity index (χ3n) is 6.90. The standard InChI is InChI=1S/C31H40N2O19/c1-12(34)33-27-24(25(47-17(6)39)28(49-19(8)41)31(27,52-20(9)42)11-44-14(3)36)51-30(33)32-29-26(48-18(7)40)23(46-16(5)38)22(45-15(4)37)21(50-29)10-43-13(2)35/h21-29H,10-11H2,1-9H3/b32-30-/t21-,22-,23+,24-,25-,26-,27-,28+,29+,31+/m1/s1/i10D2,22D,23D,29D. The van der Waals surface area contributed by atoms with Gasteiger partial charge in [0, 0.05) is 62.3 Å². The summed E-state index contributed by atoms with van der Waals surface area (Å²) < 4.78 is 97.8. The van der Waals surface area contributed by atoms with Crippen molar-refractivity contribution >= 4 is 59.7 Å². The van der Waals surface area contributed by atoms with Gasteiger partial charge in [0.15, 0.2) is 42.8 Å². The molecule has 1 aliphatic carbocycles. The molecule has 3 aliphatic rings. The Kier molecular flexibility index (Phi) is 10.9. The van der Waals surface area contributed by atoms with Crippen molar-refractivity contribution in [3.05, 3.63) is 0 Å². The molecular formula is C31H40N2O19. The van der Waals surface area contributed by atoms with Gasteiger partial charge in [-0.3, -0.25) is 48.1 Å². The predicted molar refractivity (Wildman–Crippen MR) is 163 cm³/mol. The van der Waals surface area contributed by atoms with Crippen LogP contribution < -0.4 is 0 Å². The molecule has 0 aromatic heterocycles. The highest BCUT2D eigenvalue weighted by Gasteiger charge is 2.74. The van der Waals surface area contributed by atoms with Crippen LogP contribution in [0.3, 0.4) is 0 Å². The van der Waals surface area contributed by atoms with Crippen molar-refractivity contribution in [2.45, 2.75) is 123 Å². The summed E-state index contributed by atoms with van der Waals surface area (Å²) in [7, 11) is 0. The van der Waals surface area contributed by atoms with E-state index in [-0.39, 0.29) is 0 Å². The molecule has 3 fully saturated rings. The van der Waals surface area contributed by atoms with Gasteiger partial charge >= 0.3 is 47.8 Å². The lowest BCUT2D eigenvalue weighted by atomic mass is 9.94. The monoisotopic (exact) mass is 749 g/mol. The highest BCUT2D eigenvalue weighted by molar-refractivity contribution is 5.96. The second-order valence-corrected chi connectivity index (χ2v) is 11.2. The number of fused-ring (bicyclic) bond motifs is 1. The van der Waals surface area contributed by atoms with E-state index in [0.29, 0.717) is 32.6 Å². The number of carbonyl (C=O) groups is 9. The fourth-order valence-corrected chi connectivity index (χ4v) is 5.53. The Labute approximate surface area is 303 Å². The Morgan fingerprint density at radius 2 is 1.21 bits per heavy atom. The van der Waals surface area contributed by atoms with Gasteiger partial charge in [0.05, 0.1) is 6.85 Å². The summed E-state index contributed by atoms with van der Waals surface area (Å²) >= 11 is 0. The molecule has 288 valence electrons.